The van der Waals surface area contributed by atoms with Crippen LogP contribution in [0, 0.1) is 6.92 Å². The molecule has 0 aliphatic heterocycles. The van der Waals surface area contributed by atoms with Crippen molar-refractivity contribution in [3.05, 3.63) is 54.6 Å². The minimum absolute atomic E-state index is 0.0673. The van der Waals surface area contributed by atoms with Crippen molar-refractivity contribution in [3.63, 3.8) is 0 Å². The Labute approximate surface area is 140 Å². The van der Waals surface area contributed by atoms with Gasteiger partial charge in [-0.1, -0.05) is 22.0 Å². The Morgan fingerprint density at radius 1 is 1.25 bits per heavy atom. The standard InChI is InChI=1S/C15H15Br2NOS/c1-3-18(9-12-6-7-14(17)20-12)15(19)11-5-4-10(2)13(16)8-11/h4-8H,3,9H2,1-2H3. The number of nitrogens with zero attached hydrogens (tertiary/aromatic N) is 1. The van der Waals surface area contributed by atoms with Gasteiger partial charge in [-0.25, -0.2) is 0 Å². The quantitative estimate of drug-likeness (QED) is 0.666. The first kappa shape index (κ1) is 15.7. The summed E-state index contributed by atoms with van der Waals surface area (Å²) in [6, 6.07) is 9.81. The number of hydrogen-bond donors (Lipinski definition) is 0. The molecule has 1 amide bonds. The maximum absolute atomic E-state index is 12.5. The van der Waals surface area contributed by atoms with Gasteiger partial charge in [0.25, 0.3) is 5.91 Å². The second-order valence-electron chi connectivity index (χ2n) is 4.49. The number of hydrogen-bond acceptors (Lipinski definition) is 2. The van der Waals surface area contributed by atoms with Crippen LogP contribution in [0.3, 0.4) is 0 Å². The molecule has 1 heterocycles. The van der Waals surface area contributed by atoms with E-state index >= 15 is 0 Å². The molecule has 20 heavy (non-hydrogen) atoms. The van der Waals surface area contributed by atoms with E-state index in [0.717, 1.165) is 19.4 Å². The Balaban J connectivity index is 2.18. The topological polar surface area (TPSA) is 20.3 Å². The van der Waals surface area contributed by atoms with Gasteiger partial charge in [-0.2, -0.15) is 0 Å². The van der Waals surface area contributed by atoms with E-state index < -0.39 is 0 Å². The van der Waals surface area contributed by atoms with Crippen LogP contribution in [0.5, 0.6) is 0 Å². The van der Waals surface area contributed by atoms with Crippen molar-refractivity contribution in [1.82, 2.24) is 4.90 Å². The van der Waals surface area contributed by atoms with E-state index in [9.17, 15) is 4.79 Å². The molecule has 0 aliphatic rings. The number of halogens is 2. The number of carbonyl (C=O) groups excluding carboxylic acids is 1. The van der Waals surface area contributed by atoms with Crippen molar-refractivity contribution >= 4 is 49.1 Å². The third-order valence-electron chi connectivity index (χ3n) is 3.06. The average molecular weight is 417 g/mol. The summed E-state index contributed by atoms with van der Waals surface area (Å²) < 4.78 is 2.06. The van der Waals surface area contributed by atoms with Gasteiger partial charge < -0.3 is 4.90 Å². The molecule has 0 fully saturated rings. The Kier molecular flexibility index (Phi) is 5.41. The highest BCUT2D eigenvalue weighted by molar-refractivity contribution is 9.11. The molecule has 0 aliphatic carbocycles. The lowest BCUT2D eigenvalue weighted by atomic mass is 10.1. The van der Waals surface area contributed by atoms with Crippen LogP contribution in [-0.2, 0) is 6.54 Å². The third-order valence-corrected chi connectivity index (χ3v) is 5.53. The molecule has 2 aromatic rings. The molecule has 1 aromatic carbocycles. The summed E-state index contributed by atoms with van der Waals surface area (Å²) in [6.45, 7) is 5.36. The molecule has 2 nitrogen and oxygen atoms in total. The Morgan fingerprint density at radius 2 is 2.00 bits per heavy atom. The van der Waals surface area contributed by atoms with Gasteiger partial charge in [-0.05, 0) is 59.6 Å². The van der Waals surface area contributed by atoms with Crippen LogP contribution < -0.4 is 0 Å². The maximum Gasteiger partial charge on any atom is 0.254 e. The van der Waals surface area contributed by atoms with Crippen LogP contribution in [0.1, 0.15) is 27.7 Å². The first-order chi connectivity index (χ1) is 9.51. The van der Waals surface area contributed by atoms with Gasteiger partial charge in [0, 0.05) is 21.5 Å². The van der Waals surface area contributed by atoms with E-state index in [1.807, 2.05) is 43.0 Å². The normalized spacial score (nSPS) is 10.6. The fourth-order valence-corrected chi connectivity index (χ4v) is 3.74. The van der Waals surface area contributed by atoms with Crippen molar-refractivity contribution in [3.8, 4) is 0 Å². The van der Waals surface area contributed by atoms with E-state index in [1.165, 1.54) is 4.88 Å². The summed E-state index contributed by atoms with van der Waals surface area (Å²) >= 11 is 8.60. The van der Waals surface area contributed by atoms with Crippen molar-refractivity contribution in [2.24, 2.45) is 0 Å². The van der Waals surface area contributed by atoms with Crippen molar-refractivity contribution < 1.29 is 4.79 Å². The highest BCUT2D eigenvalue weighted by Crippen LogP contribution is 2.24. The predicted molar refractivity (Wildman–Crippen MR) is 91.3 cm³/mol. The maximum atomic E-state index is 12.5. The van der Waals surface area contributed by atoms with Crippen LogP contribution in [0.2, 0.25) is 0 Å². The molecule has 2 rings (SSSR count). The van der Waals surface area contributed by atoms with Gasteiger partial charge in [-0.3, -0.25) is 4.79 Å². The second-order valence-corrected chi connectivity index (χ2v) is 7.89. The zero-order valence-electron chi connectivity index (χ0n) is 11.3. The van der Waals surface area contributed by atoms with Gasteiger partial charge in [0.05, 0.1) is 10.3 Å². The Morgan fingerprint density at radius 3 is 2.55 bits per heavy atom. The zero-order valence-corrected chi connectivity index (χ0v) is 15.3. The molecule has 0 spiro atoms. The Hall–Kier alpha value is -0.650. The number of amides is 1. The summed E-state index contributed by atoms with van der Waals surface area (Å²) in [4.78, 5) is 15.6. The fraction of sp³-hybridized carbons (Fsp3) is 0.267. The van der Waals surface area contributed by atoms with Gasteiger partial charge in [0.2, 0.25) is 0 Å². The minimum atomic E-state index is 0.0673. The molecule has 0 radical (unpaired) electrons. The summed E-state index contributed by atoms with van der Waals surface area (Å²) in [5.74, 6) is 0.0673. The lowest BCUT2D eigenvalue weighted by Crippen LogP contribution is -2.30. The zero-order chi connectivity index (χ0) is 14.7. The molecule has 0 bridgehead atoms. The average Bonchev–Trinajstić information content (AvgIpc) is 2.84. The molecule has 0 saturated heterocycles. The van der Waals surface area contributed by atoms with Gasteiger partial charge >= 0.3 is 0 Å². The molecule has 1 aromatic heterocycles. The lowest BCUT2D eigenvalue weighted by Gasteiger charge is -2.20. The fourth-order valence-electron chi connectivity index (χ4n) is 1.86. The van der Waals surface area contributed by atoms with Gasteiger partial charge in [-0.15, -0.1) is 11.3 Å². The van der Waals surface area contributed by atoms with Crippen LogP contribution in [0.4, 0.5) is 0 Å². The van der Waals surface area contributed by atoms with Crippen molar-refractivity contribution in [2.75, 3.05) is 6.54 Å². The number of carbonyl (C=O) groups is 1. The lowest BCUT2D eigenvalue weighted by molar-refractivity contribution is 0.0754. The summed E-state index contributed by atoms with van der Waals surface area (Å²) in [7, 11) is 0. The van der Waals surface area contributed by atoms with E-state index in [4.69, 9.17) is 0 Å². The van der Waals surface area contributed by atoms with Gasteiger partial charge in [0.15, 0.2) is 0 Å². The molecule has 0 atom stereocenters. The summed E-state index contributed by atoms with van der Waals surface area (Å²) in [5.41, 5.74) is 1.85. The first-order valence-electron chi connectivity index (χ1n) is 6.31. The highest BCUT2D eigenvalue weighted by Gasteiger charge is 2.16. The van der Waals surface area contributed by atoms with E-state index in [2.05, 4.69) is 37.9 Å². The van der Waals surface area contributed by atoms with E-state index in [0.29, 0.717) is 13.1 Å². The van der Waals surface area contributed by atoms with E-state index in [-0.39, 0.29) is 5.91 Å². The molecule has 0 unspecified atom stereocenters. The molecule has 0 saturated carbocycles. The number of rotatable bonds is 4. The molecule has 106 valence electrons. The smallest absolute Gasteiger partial charge is 0.254 e. The van der Waals surface area contributed by atoms with Crippen molar-refractivity contribution in [1.29, 1.82) is 0 Å². The van der Waals surface area contributed by atoms with E-state index in [1.54, 1.807) is 11.3 Å². The SMILES string of the molecule is CCN(Cc1ccc(Br)s1)C(=O)c1ccc(C)c(Br)c1. The summed E-state index contributed by atoms with van der Waals surface area (Å²) in [5, 5.41) is 0. The van der Waals surface area contributed by atoms with Crippen molar-refractivity contribution in [2.45, 2.75) is 20.4 Å². The molecular formula is C15H15Br2NOS. The number of thiophene rings is 1. The minimum Gasteiger partial charge on any atom is -0.334 e. The van der Waals surface area contributed by atoms with Crippen LogP contribution in [0.15, 0.2) is 38.6 Å². The number of aryl methyl sites for hydroxylation is 1. The predicted octanol–water partition coefficient (Wildman–Crippen LogP) is 5.24. The van der Waals surface area contributed by atoms with Crippen LogP contribution in [-0.4, -0.2) is 17.4 Å². The molecular weight excluding hydrogens is 402 g/mol. The highest BCUT2D eigenvalue weighted by atomic mass is 79.9. The number of benzene rings is 1. The molecule has 5 heteroatoms. The second kappa shape index (κ2) is 6.87. The largest absolute Gasteiger partial charge is 0.334 e. The van der Waals surface area contributed by atoms with Crippen LogP contribution in [0.25, 0.3) is 0 Å². The monoisotopic (exact) mass is 415 g/mol. The summed E-state index contributed by atoms with van der Waals surface area (Å²) in [6.07, 6.45) is 0. The molecule has 0 N–H and O–H groups in total. The Bertz CT molecular complexity index is 624. The first-order valence-corrected chi connectivity index (χ1v) is 8.71. The van der Waals surface area contributed by atoms with Crippen LogP contribution >= 0.6 is 43.2 Å². The third kappa shape index (κ3) is 3.71. The van der Waals surface area contributed by atoms with Gasteiger partial charge in [0.1, 0.15) is 0 Å².